The van der Waals surface area contributed by atoms with E-state index in [4.69, 9.17) is 14.2 Å². The molecule has 0 amide bonds. The molecular weight excluding hydrogens is 156 g/mol. The minimum Gasteiger partial charge on any atom is -0.379 e. The lowest BCUT2D eigenvalue weighted by Gasteiger charge is -2.04. The molecule has 0 N–H and O–H groups in total. The third-order valence-corrected chi connectivity index (χ3v) is 1.24. The highest BCUT2D eigenvalue weighted by atomic mass is 16.5. The van der Waals surface area contributed by atoms with Gasteiger partial charge in [-0.25, -0.2) is 0 Å². The van der Waals surface area contributed by atoms with Gasteiger partial charge >= 0.3 is 0 Å². The van der Waals surface area contributed by atoms with E-state index in [9.17, 15) is 0 Å². The van der Waals surface area contributed by atoms with Crippen molar-refractivity contribution in [2.45, 2.75) is 13.3 Å². The minimum absolute atomic E-state index is 0.646. The van der Waals surface area contributed by atoms with Gasteiger partial charge in [-0.3, -0.25) is 0 Å². The molecule has 0 aliphatic carbocycles. The fraction of sp³-hybridized carbons (Fsp3) is 0.889. The fourth-order valence-electron chi connectivity index (χ4n) is 0.686. The van der Waals surface area contributed by atoms with Crippen molar-refractivity contribution >= 4 is 0 Å². The van der Waals surface area contributed by atoms with Crippen molar-refractivity contribution in [1.29, 1.82) is 0 Å². The highest BCUT2D eigenvalue weighted by Gasteiger charge is 1.88. The number of rotatable bonds is 9. The topological polar surface area (TPSA) is 27.7 Å². The van der Waals surface area contributed by atoms with Crippen LogP contribution in [-0.2, 0) is 14.2 Å². The molecule has 0 aliphatic rings. The first kappa shape index (κ1) is 11.9. The van der Waals surface area contributed by atoms with E-state index in [1.807, 2.05) is 6.92 Å². The summed E-state index contributed by atoms with van der Waals surface area (Å²) >= 11 is 0. The van der Waals surface area contributed by atoms with Crippen LogP contribution in [-0.4, -0.2) is 39.6 Å². The van der Waals surface area contributed by atoms with Gasteiger partial charge in [0, 0.05) is 13.2 Å². The molecule has 0 atom stereocenters. The molecule has 0 aliphatic heterocycles. The highest BCUT2D eigenvalue weighted by Crippen LogP contribution is 1.82. The first-order valence-electron chi connectivity index (χ1n) is 4.44. The zero-order valence-electron chi connectivity index (χ0n) is 7.88. The average molecular weight is 175 g/mol. The van der Waals surface area contributed by atoms with E-state index >= 15 is 0 Å². The monoisotopic (exact) mass is 175 g/mol. The van der Waals surface area contributed by atoms with Crippen molar-refractivity contribution in [3.63, 3.8) is 0 Å². The van der Waals surface area contributed by atoms with Crippen LogP contribution in [0.5, 0.6) is 0 Å². The van der Waals surface area contributed by atoms with E-state index in [2.05, 4.69) is 6.92 Å². The third kappa shape index (κ3) is 9.88. The summed E-state index contributed by atoms with van der Waals surface area (Å²) < 4.78 is 15.5. The summed E-state index contributed by atoms with van der Waals surface area (Å²) in [7, 11) is 0. The van der Waals surface area contributed by atoms with Crippen molar-refractivity contribution in [1.82, 2.24) is 0 Å². The summed E-state index contributed by atoms with van der Waals surface area (Å²) in [5.41, 5.74) is 0. The van der Waals surface area contributed by atoms with Gasteiger partial charge in [0.05, 0.1) is 26.4 Å². The van der Waals surface area contributed by atoms with Crippen LogP contribution in [0.2, 0.25) is 0 Å². The Morgan fingerprint density at radius 3 is 1.83 bits per heavy atom. The van der Waals surface area contributed by atoms with Crippen LogP contribution >= 0.6 is 0 Å². The number of ether oxygens (including phenoxy) is 3. The summed E-state index contributed by atoms with van der Waals surface area (Å²) in [6, 6.07) is 0. The molecule has 0 aromatic rings. The predicted octanol–water partition coefficient (Wildman–Crippen LogP) is 1.28. The third-order valence-electron chi connectivity index (χ3n) is 1.24. The van der Waals surface area contributed by atoms with Gasteiger partial charge in [-0.05, 0) is 13.3 Å². The molecule has 0 aromatic carbocycles. The molecule has 73 valence electrons. The summed E-state index contributed by atoms with van der Waals surface area (Å²) in [4.78, 5) is 0. The zero-order valence-corrected chi connectivity index (χ0v) is 7.88. The lowest BCUT2D eigenvalue weighted by Crippen LogP contribution is -2.09. The first-order valence-corrected chi connectivity index (χ1v) is 4.44. The van der Waals surface area contributed by atoms with Gasteiger partial charge in [0.15, 0.2) is 0 Å². The van der Waals surface area contributed by atoms with E-state index in [1.165, 1.54) is 0 Å². The zero-order chi connectivity index (χ0) is 9.07. The van der Waals surface area contributed by atoms with Gasteiger partial charge in [-0.2, -0.15) is 0 Å². The van der Waals surface area contributed by atoms with Crippen LogP contribution in [0, 0.1) is 6.92 Å². The standard InChI is InChI=1S/C9H19O3/c1-3-5-11-8-9-12-7-6-10-4-2/h1,3-9H2,2H3. The normalized spacial score (nSPS) is 10.5. The van der Waals surface area contributed by atoms with Crippen LogP contribution in [0.3, 0.4) is 0 Å². The van der Waals surface area contributed by atoms with Crippen LogP contribution in [0.4, 0.5) is 0 Å². The second kappa shape index (κ2) is 10.9. The second-order valence-corrected chi connectivity index (χ2v) is 2.28. The maximum Gasteiger partial charge on any atom is 0.0701 e. The number of hydrogen-bond acceptors (Lipinski definition) is 3. The molecule has 0 bridgehead atoms. The van der Waals surface area contributed by atoms with Crippen LogP contribution in [0.15, 0.2) is 0 Å². The molecular formula is C9H19O3. The van der Waals surface area contributed by atoms with Crippen molar-refractivity contribution in [3.05, 3.63) is 6.92 Å². The lowest BCUT2D eigenvalue weighted by molar-refractivity contribution is 0.0177. The van der Waals surface area contributed by atoms with Crippen LogP contribution in [0.25, 0.3) is 0 Å². The smallest absolute Gasteiger partial charge is 0.0701 e. The summed E-state index contributed by atoms with van der Waals surface area (Å²) in [5, 5.41) is 0. The molecule has 3 nitrogen and oxygen atoms in total. The van der Waals surface area contributed by atoms with Crippen molar-refractivity contribution < 1.29 is 14.2 Å². The maximum absolute atomic E-state index is 5.21. The summed E-state index contributed by atoms with van der Waals surface area (Å²) in [6.07, 6.45) is 0.818. The van der Waals surface area contributed by atoms with Gasteiger partial charge in [-0.15, -0.1) is 0 Å². The van der Waals surface area contributed by atoms with Gasteiger partial charge in [0.2, 0.25) is 0 Å². The average Bonchev–Trinajstić information content (AvgIpc) is 2.10. The van der Waals surface area contributed by atoms with E-state index < -0.39 is 0 Å². The van der Waals surface area contributed by atoms with Crippen molar-refractivity contribution in [3.8, 4) is 0 Å². The molecule has 3 heteroatoms. The quantitative estimate of drug-likeness (QED) is 0.494. The van der Waals surface area contributed by atoms with E-state index in [0.717, 1.165) is 19.6 Å². The van der Waals surface area contributed by atoms with Crippen molar-refractivity contribution in [2.24, 2.45) is 0 Å². The Morgan fingerprint density at radius 2 is 1.33 bits per heavy atom. The van der Waals surface area contributed by atoms with Gasteiger partial charge in [0.1, 0.15) is 0 Å². The van der Waals surface area contributed by atoms with Crippen LogP contribution < -0.4 is 0 Å². The summed E-state index contributed by atoms with van der Waals surface area (Å²) in [5.74, 6) is 0. The molecule has 0 rings (SSSR count). The highest BCUT2D eigenvalue weighted by molar-refractivity contribution is 4.36. The van der Waals surface area contributed by atoms with E-state index in [0.29, 0.717) is 26.4 Å². The predicted molar refractivity (Wildman–Crippen MR) is 48.1 cm³/mol. The molecule has 0 unspecified atom stereocenters. The molecule has 1 radical (unpaired) electrons. The largest absolute Gasteiger partial charge is 0.379 e. The maximum atomic E-state index is 5.21. The molecule has 0 saturated carbocycles. The minimum atomic E-state index is 0.646. The molecule has 12 heavy (non-hydrogen) atoms. The summed E-state index contributed by atoms with van der Waals surface area (Å²) in [6.45, 7) is 9.72. The van der Waals surface area contributed by atoms with Crippen LogP contribution in [0.1, 0.15) is 13.3 Å². The molecule has 0 spiro atoms. The SMILES string of the molecule is [CH2]CCOCCOCCOCC. The lowest BCUT2D eigenvalue weighted by atomic mass is 10.5. The number of hydrogen-bond donors (Lipinski definition) is 0. The Kier molecular flexibility index (Phi) is 10.8. The molecule has 0 heterocycles. The Balaban J connectivity index is 2.73. The van der Waals surface area contributed by atoms with Crippen molar-refractivity contribution in [2.75, 3.05) is 39.6 Å². The van der Waals surface area contributed by atoms with Gasteiger partial charge < -0.3 is 14.2 Å². The Bertz CT molecular complexity index is 66.2. The Hall–Kier alpha value is -0.120. The van der Waals surface area contributed by atoms with Gasteiger partial charge in [-0.1, -0.05) is 6.92 Å². The molecule has 0 aromatic heterocycles. The molecule has 0 saturated heterocycles. The van der Waals surface area contributed by atoms with Gasteiger partial charge in [0.25, 0.3) is 0 Å². The Morgan fingerprint density at radius 1 is 0.833 bits per heavy atom. The first-order chi connectivity index (χ1) is 5.91. The van der Waals surface area contributed by atoms with E-state index in [-0.39, 0.29) is 0 Å². The fourth-order valence-corrected chi connectivity index (χ4v) is 0.686. The second-order valence-electron chi connectivity index (χ2n) is 2.28. The molecule has 0 fully saturated rings. The van der Waals surface area contributed by atoms with E-state index in [1.54, 1.807) is 0 Å². The Labute approximate surface area is 75.0 Å².